The number of phenols is 1. The molecule has 0 bridgehead atoms. The maximum atomic E-state index is 11.8. The fourth-order valence-electron chi connectivity index (χ4n) is 2.01. The Morgan fingerprint density at radius 1 is 1.23 bits per heavy atom. The van der Waals surface area contributed by atoms with E-state index in [1.54, 1.807) is 12.1 Å². The Kier molecular flexibility index (Phi) is 6.96. The molecule has 136 valence electrons. The van der Waals surface area contributed by atoms with Crippen LogP contribution in [-0.4, -0.2) is 30.2 Å². The van der Waals surface area contributed by atoms with Crippen molar-refractivity contribution in [1.29, 1.82) is 0 Å². The van der Waals surface area contributed by atoms with Crippen molar-refractivity contribution in [3.8, 4) is 11.5 Å². The van der Waals surface area contributed by atoms with Crippen molar-refractivity contribution >= 4 is 40.6 Å². The number of nitrogens with zero attached hydrogens (tertiary/aromatic N) is 1. The Labute approximate surface area is 164 Å². The van der Waals surface area contributed by atoms with Crippen LogP contribution in [0, 0.1) is 10.5 Å². The van der Waals surface area contributed by atoms with E-state index >= 15 is 0 Å². The lowest BCUT2D eigenvalue weighted by Crippen LogP contribution is -2.37. The van der Waals surface area contributed by atoms with Gasteiger partial charge in [0.25, 0.3) is 0 Å². The number of amides is 2. The largest absolute Gasteiger partial charge is 0.504 e. The molecule has 0 fully saturated rings. The fourth-order valence-corrected chi connectivity index (χ4v) is 2.63. The number of halogens is 1. The number of rotatable bonds is 5. The Hall–Kier alpha value is -2.62. The highest BCUT2D eigenvalue weighted by molar-refractivity contribution is 14.1. The Morgan fingerprint density at radius 2 is 1.92 bits per heavy atom. The molecule has 0 radical (unpaired) electrons. The second-order valence-corrected chi connectivity index (χ2v) is 6.58. The summed E-state index contributed by atoms with van der Waals surface area (Å²) in [7, 11) is 1.44. The minimum atomic E-state index is -0.867. The maximum Gasteiger partial charge on any atom is 0.329 e. The predicted molar refractivity (Wildman–Crippen MR) is 106 cm³/mol. The molecule has 0 aromatic heterocycles. The van der Waals surface area contributed by atoms with E-state index in [0.29, 0.717) is 14.9 Å². The van der Waals surface area contributed by atoms with E-state index in [4.69, 9.17) is 4.74 Å². The highest BCUT2D eigenvalue weighted by Gasteiger charge is 2.12. The molecule has 8 heteroatoms. The molecule has 0 aliphatic rings. The molecular weight excluding hydrogens is 449 g/mol. The van der Waals surface area contributed by atoms with Crippen molar-refractivity contribution < 1.29 is 19.4 Å². The summed E-state index contributed by atoms with van der Waals surface area (Å²) in [6.45, 7) is 2.22. The van der Waals surface area contributed by atoms with E-state index in [1.165, 1.54) is 13.3 Å². The first-order chi connectivity index (χ1) is 12.4. The zero-order valence-electron chi connectivity index (χ0n) is 14.2. The quantitative estimate of drug-likeness (QED) is 0.272. The molecule has 0 heterocycles. The molecule has 26 heavy (non-hydrogen) atoms. The number of phenolic OH excluding ortho intramolecular Hbond substituents is 1. The number of hydrogen-bond donors (Lipinski definition) is 3. The first-order valence-corrected chi connectivity index (χ1v) is 8.72. The van der Waals surface area contributed by atoms with Crippen LogP contribution in [0.25, 0.3) is 0 Å². The topological polar surface area (TPSA) is 100 Å². The first-order valence-electron chi connectivity index (χ1n) is 7.64. The van der Waals surface area contributed by atoms with Gasteiger partial charge in [0.2, 0.25) is 0 Å². The minimum Gasteiger partial charge on any atom is -0.504 e. The van der Waals surface area contributed by atoms with Crippen LogP contribution in [0.15, 0.2) is 41.5 Å². The summed E-state index contributed by atoms with van der Waals surface area (Å²) in [5.74, 6) is -1.32. The second-order valence-electron chi connectivity index (χ2n) is 5.42. The maximum absolute atomic E-state index is 11.8. The summed E-state index contributed by atoms with van der Waals surface area (Å²) in [5.41, 5.74) is 4.77. The molecule has 2 rings (SSSR count). The highest BCUT2D eigenvalue weighted by atomic mass is 127. The normalized spacial score (nSPS) is 10.6. The summed E-state index contributed by atoms with van der Waals surface area (Å²) < 4.78 is 5.62. The monoisotopic (exact) mass is 467 g/mol. The summed E-state index contributed by atoms with van der Waals surface area (Å²) in [6.07, 6.45) is 1.36. The van der Waals surface area contributed by atoms with Gasteiger partial charge in [-0.05, 0) is 52.8 Å². The van der Waals surface area contributed by atoms with E-state index in [1.807, 2.05) is 53.8 Å². The van der Waals surface area contributed by atoms with Crippen LogP contribution in [0.4, 0.5) is 0 Å². The smallest absolute Gasteiger partial charge is 0.329 e. The van der Waals surface area contributed by atoms with Gasteiger partial charge in [-0.15, -0.1) is 0 Å². The Bertz CT molecular complexity index is 835. The van der Waals surface area contributed by atoms with Gasteiger partial charge in [0.05, 0.1) is 16.9 Å². The van der Waals surface area contributed by atoms with Crippen LogP contribution in [0.3, 0.4) is 0 Å². The first kappa shape index (κ1) is 19.7. The third kappa shape index (κ3) is 5.45. The zero-order chi connectivity index (χ0) is 19.1. The van der Waals surface area contributed by atoms with Gasteiger partial charge in [0, 0.05) is 6.54 Å². The third-order valence-corrected chi connectivity index (χ3v) is 4.25. The van der Waals surface area contributed by atoms with Crippen molar-refractivity contribution in [2.45, 2.75) is 13.5 Å². The Balaban J connectivity index is 1.89. The van der Waals surface area contributed by atoms with Crippen LogP contribution in [0.1, 0.15) is 16.7 Å². The average Bonchev–Trinajstić information content (AvgIpc) is 2.63. The van der Waals surface area contributed by atoms with Crippen molar-refractivity contribution in [3.05, 3.63) is 56.7 Å². The molecule has 0 aliphatic heterocycles. The minimum absolute atomic E-state index is 0.0322. The number of ether oxygens (including phenoxy) is 1. The van der Waals surface area contributed by atoms with E-state index in [2.05, 4.69) is 15.8 Å². The van der Waals surface area contributed by atoms with Gasteiger partial charge < -0.3 is 15.2 Å². The standard InChI is InChI=1S/C18H18IN3O4/c1-11-3-5-12(6-4-11)9-20-17(24)18(25)22-21-10-13-7-14(19)16(23)15(8-13)26-2/h3-8,10,23H,9H2,1-2H3,(H,20,24)(H,22,25)/b21-10-. The van der Waals surface area contributed by atoms with Crippen molar-refractivity contribution in [3.63, 3.8) is 0 Å². The van der Waals surface area contributed by atoms with Gasteiger partial charge in [-0.2, -0.15) is 5.10 Å². The summed E-state index contributed by atoms with van der Waals surface area (Å²) >= 11 is 1.95. The molecule has 0 saturated heterocycles. The number of hydrazone groups is 1. The third-order valence-electron chi connectivity index (χ3n) is 3.43. The lowest BCUT2D eigenvalue weighted by atomic mass is 10.1. The SMILES string of the molecule is COc1cc(/C=N\NC(=O)C(=O)NCc2ccc(C)cc2)cc(I)c1O. The second kappa shape index (κ2) is 9.18. The molecule has 0 atom stereocenters. The van der Waals surface area contributed by atoms with E-state index < -0.39 is 11.8 Å². The summed E-state index contributed by atoms with van der Waals surface area (Å²) in [4.78, 5) is 23.5. The molecule has 0 saturated carbocycles. The molecule has 2 aromatic rings. The lowest BCUT2D eigenvalue weighted by Gasteiger charge is -2.06. The zero-order valence-corrected chi connectivity index (χ0v) is 16.4. The number of carbonyl (C=O) groups is 2. The molecule has 3 N–H and O–H groups in total. The number of carbonyl (C=O) groups excluding carboxylic acids is 2. The van der Waals surface area contributed by atoms with Gasteiger partial charge in [-0.3, -0.25) is 9.59 Å². The number of nitrogens with one attached hydrogen (secondary N) is 2. The highest BCUT2D eigenvalue weighted by Crippen LogP contribution is 2.31. The molecule has 0 unspecified atom stereocenters. The number of aryl methyl sites for hydroxylation is 1. The summed E-state index contributed by atoms with van der Waals surface area (Å²) in [5, 5.41) is 16.0. The summed E-state index contributed by atoms with van der Waals surface area (Å²) in [6, 6.07) is 10.8. The van der Waals surface area contributed by atoms with E-state index in [9.17, 15) is 14.7 Å². The molecular formula is C18H18IN3O4. The number of methoxy groups -OCH3 is 1. The van der Waals surface area contributed by atoms with E-state index in [-0.39, 0.29) is 12.3 Å². The molecule has 7 nitrogen and oxygen atoms in total. The van der Waals surface area contributed by atoms with Gasteiger partial charge in [-0.1, -0.05) is 29.8 Å². The fraction of sp³-hybridized carbons (Fsp3) is 0.167. The van der Waals surface area contributed by atoms with Crippen LogP contribution in [0.2, 0.25) is 0 Å². The van der Waals surface area contributed by atoms with E-state index in [0.717, 1.165) is 11.1 Å². The number of benzene rings is 2. The van der Waals surface area contributed by atoms with Crippen LogP contribution < -0.4 is 15.5 Å². The van der Waals surface area contributed by atoms with Crippen LogP contribution in [0.5, 0.6) is 11.5 Å². The van der Waals surface area contributed by atoms with Gasteiger partial charge in [0.15, 0.2) is 11.5 Å². The molecule has 2 aromatic carbocycles. The molecule has 0 aliphatic carbocycles. The van der Waals surface area contributed by atoms with Gasteiger partial charge in [-0.25, -0.2) is 5.43 Å². The average molecular weight is 467 g/mol. The van der Waals surface area contributed by atoms with Gasteiger partial charge >= 0.3 is 11.8 Å². The molecule has 0 spiro atoms. The van der Waals surface area contributed by atoms with Crippen molar-refractivity contribution in [2.75, 3.05) is 7.11 Å². The number of aromatic hydroxyl groups is 1. The van der Waals surface area contributed by atoms with Crippen molar-refractivity contribution in [2.24, 2.45) is 5.10 Å². The Morgan fingerprint density at radius 3 is 2.58 bits per heavy atom. The number of hydrogen-bond acceptors (Lipinski definition) is 5. The predicted octanol–water partition coefficient (Wildman–Crippen LogP) is 2.08. The molecule has 2 amide bonds. The van der Waals surface area contributed by atoms with Gasteiger partial charge in [0.1, 0.15) is 0 Å². The van der Waals surface area contributed by atoms with Crippen LogP contribution >= 0.6 is 22.6 Å². The van der Waals surface area contributed by atoms with Crippen LogP contribution in [-0.2, 0) is 16.1 Å². The van der Waals surface area contributed by atoms with Crippen molar-refractivity contribution in [1.82, 2.24) is 10.7 Å². The lowest BCUT2D eigenvalue weighted by molar-refractivity contribution is -0.139.